The summed E-state index contributed by atoms with van der Waals surface area (Å²) in [5.74, 6) is -0.931. The van der Waals surface area contributed by atoms with Crippen LogP contribution in [0, 0.1) is 0 Å². The van der Waals surface area contributed by atoms with Gasteiger partial charge in [0.1, 0.15) is 0 Å². The number of carboxylic acids is 1. The third-order valence-electron chi connectivity index (χ3n) is 3.35. The molecule has 2 aromatic carbocycles. The van der Waals surface area contributed by atoms with Gasteiger partial charge in [0, 0.05) is 5.57 Å². The molecule has 0 heterocycles. The molecule has 0 atom stereocenters. The summed E-state index contributed by atoms with van der Waals surface area (Å²) in [4.78, 5) is 11.5. The summed E-state index contributed by atoms with van der Waals surface area (Å²) in [6, 6.07) is 17.3. The van der Waals surface area contributed by atoms with E-state index >= 15 is 0 Å². The van der Waals surface area contributed by atoms with Crippen LogP contribution in [0.15, 0.2) is 66.7 Å². The molecule has 3 rings (SSSR count). The van der Waals surface area contributed by atoms with Crippen molar-refractivity contribution >= 4 is 17.1 Å². The smallest absolute Gasteiger partial charge is 0.336 e. The van der Waals surface area contributed by atoms with Gasteiger partial charge in [-0.15, -0.1) is 0 Å². The summed E-state index contributed by atoms with van der Waals surface area (Å²) in [5, 5.41) is 9.47. The molecule has 1 aliphatic carbocycles. The van der Waals surface area contributed by atoms with Crippen molar-refractivity contribution < 1.29 is 9.90 Å². The predicted molar refractivity (Wildman–Crippen MR) is 75.6 cm³/mol. The Bertz CT molecular complexity index is 709. The molecule has 0 amide bonds. The average Bonchev–Trinajstić information content (AvgIpc) is 2.74. The number of rotatable bonds is 2. The van der Waals surface area contributed by atoms with Gasteiger partial charge in [-0.3, -0.25) is 0 Å². The Balaban J connectivity index is 2.33. The lowest BCUT2D eigenvalue weighted by molar-refractivity contribution is -0.132. The van der Waals surface area contributed by atoms with Gasteiger partial charge < -0.3 is 5.11 Å². The highest BCUT2D eigenvalue weighted by atomic mass is 16.4. The molecule has 19 heavy (non-hydrogen) atoms. The highest BCUT2D eigenvalue weighted by Gasteiger charge is 2.29. The first-order chi connectivity index (χ1) is 9.20. The number of hydrogen-bond donors (Lipinski definition) is 1. The average molecular weight is 248 g/mol. The van der Waals surface area contributed by atoms with E-state index < -0.39 is 5.97 Å². The first-order valence-corrected chi connectivity index (χ1v) is 6.02. The molecule has 0 bridgehead atoms. The number of carbonyl (C=O) groups is 1. The van der Waals surface area contributed by atoms with E-state index in [4.69, 9.17) is 0 Å². The molecule has 0 saturated heterocycles. The first-order valence-electron chi connectivity index (χ1n) is 6.02. The number of carboxylic acid groups (broad SMARTS) is 1. The minimum atomic E-state index is -0.931. The van der Waals surface area contributed by atoms with Crippen LogP contribution in [-0.2, 0) is 4.79 Å². The third kappa shape index (κ3) is 1.69. The normalized spacial score (nSPS) is 13.6. The summed E-state index contributed by atoms with van der Waals surface area (Å²) >= 11 is 0. The van der Waals surface area contributed by atoms with Gasteiger partial charge in [-0.05, 0) is 22.3 Å². The SMILES string of the molecule is C=C1C(C(=O)O)=C(c2ccccc2)c2ccccc21. The van der Waals surface area contributed by atoms with Crippen molar-refractivity contribution in [2.45, 2.75) is 0 Å². The molecule has 0 aliphatic heterocycles. The van der Waals surface area contributed by atoms with Crippen molar-refractivity contribution in [1.82, 2.24) is 0 Å². The van der Waals surface area contributed by atoms with Gasteiger partial charge in [-0.2, -0.15) is 0 Å². The maximum absolute atomic E-state index is 11.5. The zero-order valence-electron chi connectivity index (χ0n) is 10.3. The van der Waals surface area contributed by atoms with Gasteiger partial charge in [0.2, 0.25) is 0 Å². The van der Waals surface area contributed by atoms with Crippen LogP contribution in [0.5, 0.6) is 0 Å². The van der Waals surface area contributed by atoms with Crippen LogP contribution in [0.1, 0.15) is 16.7 Å². The van der Waals surface area contributed by atoms with E-state index in [2.05, 4.69) is 6.58 Å². The summed E-state index contributed by atoms with van der Waals surface area (Å²) in [7, 11) is 0. The molecular formula is C17H12O2. The Morgan fingerprint density at radius 1 is 0.895 bits per heavy atom. The van der Waals surface area contributed by atoms with Crippen molar-refractivity contribution in [1.29, 1.82) is 0 Å². The zero-order chi connectivity index (χ0) is 13.4. The molecule has 0 fully saturated rings. The number of aliphatic carboxylic acids is 1. The van der Waals surface area contributed by atoms with E-state index in [1.165, 1.54) is 0 Å². The van der Waals surface area contributed by atoms with Gasteiger partial charge in [0.05, 0.1) is 5.57 Å². The lowest BCUT2D eigenvalue weighted by Crippen LogP contribution is -2.01. The van der Waals surface area contributed by atoms with Crippen molar-refractivity contribution in [2.75, 3.05) is 0 Å². The monoisotopic (exact) mass is 248 g/mol. The zero-order valence-corrected chi connectivity index (χ0v) is 10.3. The highest BCUT2D eigenvalue weighted by molar-refractivity contribution is 6.19. The Kier molecular flexibility index (Phi) is 2.57. The second kappa shape index (κ2) is 4.25. The molecule has 0 radical (unpaired) electrons. The molecule has 92 valence electrons. The fourth-order valence-electron chi connectivity index (χ4n) is 2.53. The summed E-state index contributed by atoms with van der Waals surface area (Å²) in [6.07, 6.45) is 0. The van der Waals surface area contributed by atoms with Gasteiger partial charge in [-0.25, -0.2) is 4.79 Å². The van der Waals surface area contributed by atoms with Gasteiger partial charge >= 0.3 is 5.97 Å². The fraction of sp³-hybridized carbons (Fsp3) is 0. The minimum absolute atomic E-state index is 0.299. The third-order valence-corrected chi connectivity index (χ3v) is 3.35. The van der Waals surface area contributed by atoms with E-state index in [0.29, 0.717) is 11.1 Å². The van der Waals surface area contributed by atoms with Gasteiger partial charge in [0.25, 0.3) is 0 Å². The van der Waals surface area contributed by atoms with Crippen LogP contribution in [0.4, 0.5) is 0 Å². The van der Waals surface area contributed by atoms with E-state index in [1.807, 2.05) is 54.6 Å². The Labute approximate surface area is 111 Å². The van der Waals surface area contributed by atoms with Crippen LogP contribution in [-0.4, -0.2) is 11.1 Å². The quantitative estimate of drug-likeness (QED) is 0.881. The van der Waals surface area contributed by atoms with Crippen LogP contribution < -0.4 is 0 Å². The maximum Gasteiger partial charge on any atom is 0.336 e. The number of hydrogen-bond acceptors (Lipinski definition) is 1. The molecule has 0 saturated carbocycles. The standard InChI is InChI=1S/C17H12O2/c1-11-13-9-5-6-10-14(13)16(15(11)17(18)19)12-7-3-2-4-8-12/h2-10H,1H2,(H,18,19). The molecule has 1 aliphatic rings. The maximum atomic E-state index is 11.5. The van der Waals surface area contributed by atoms with Crippen LogP contribution in [0.25, 0.3) is 11.1 Å². The molecular weight excluding hydrogens is 236 g/mol. The molecule has 2 heteroatoms. The van der Waals surface area contributed by atoms with Crippen LogP contribution in [0.3, 0.4) is 0 Å². The fourth-order valence-corrected chi connectivity index (χ4v) is 2.53. The predicted octanol–water partition coefficient (Wildman–Crippen LogP) is 3.60. The number of benzene rings is 2. The lowest BCUT2D eigenvalue weighted by atomic mass is 9.97. The van der Waals surface area contributed by atoms with E-state index in [1.54, 1.807) is 0 Å². The summed E-state index contributed by atoms with van der Waals surface area (Å²) in [6.45, 7) is 3.94. The van der Waals surface area contributed by atoms with Crippen molar-refractivity contribution in [3.05, 3.63) is 83.4 Å². The van der Waals surface area contributed by atoms with E-state index in [-0.39, 0.29) is 0 Å². The van der Waals surface area contributed by atoms with Gasteiger partial charge in [-0.1, -0.05) is 61.2 Å². The molecule has 0 spiro atoms. The topological polar surface area (TPSA) is 37.3 Å². The largest absolute Gasteiger partial charge is 0.478 e. The highest BCUT2D eigenvalue weighted by Crippen LogP contribution is 2.43. The molecule has 0 unspecified atom stereocenters. The Morgan fingerprint density at radius 2 is 1.47 bits per heavy atom. The first kappa shape index (κ1) is 11.5. The molecule has 2 aromatic rings. The second-order valence-corrected chi connectivity index (χ2v) is 4.45. The lowest BCUT2D eigenvalue weighted by Gasteiger charge is -2.06. The van der Waals surface area contributed by atoms with Gasteiger partial charge in [0.15, 0.2) is 0 Å². The van der Waals surface area contributed by atoms with E-state index in [0.717, 1.165) is 22.3 Å². The van der Waals surface area contributed by atoms with Crippen LogP contribution >= 0.6 is 0 Å². The minimum Gasteiger partial charge on any atom is -0.478 e. The molecule has 2 nitrogen and oxygen atoms in total. The van der Waals surface area contributed by atoms with Crippen molar-refractivity contribution in [3.63, 3.8) is 0 Å². The summed E-state index contributed by atoms with van der Waals surface area (Å²) < 4.78 is 0. The van der Waals surface area contributed by atoms with E-state index in [9.17, 15) is 9.90 Å². The molecule has 0 aromatic heterocycles. The second-order valence-electron chi connectivity index (χ2n) is 4.45. The number of fused-ring (bicyclic) bond motifs is 1. The van der Waals surface area contributed by atoms with Crippen LogP contribution in [0.2, 0.25) is 0 Å². The van der Waals surface area contributed by atoms with Crippen molar-refractivity contribution in [3.8, 4) is 0 Å². The Morgan fingerprint density at radius 3 is 2.11 bits per heavy atom. The molecule has 1 N–H and O–H groups in total. The summed E-state index contributed by atoms with van der Waals surface area (Å²) in [5.41, 5.74) is 4.39. The van der Waals surface area contributed by atoms with Crippen molar-refractivity contribution in [2.24, 2.45) is 0 Å². The Hall–Kier alpha value is -2.61.